The third-order valence-corrected chi connectivity index (χ3v) is 3.38. The molecule has 0 unspecified atom stereocenters. The fourth-order valence-corrected chi connectivity index (χ4v) is 2.43. The molecule has 17 heavy (non-hydrogen) atoms. The topological polar surface area (TPSA) is 79.4 Å². The largest absolute Gasteiger partial charge is 0.462 e. The molecule has 0 radical (unpaired) electrons. The van der Waals surface area contributed by atoms with E-state index < -0.39 is 5.97 Å². The summed E-state index contributed by atoms with van der Waals surface area (Å²) in [6.45, 7) is 1.78. The number of hydrogen-bond acceptors (Lipinski definition) is 5. The zero-order valence-corrected chi connectivity index (χ0v) is 9.97. The number of H-pyrrole nitrogens is 1. The molecule has 0 amide bonds. The maximum atomic E-state index is 12.0. The van der Waals surface area contributed by atoms with Gasteiger partial charge in [-0.3, -0.25) is 4.79 Å². The van der Waals surface area contributed by atoms with Gasteiger partial charge in [0, 0.05) is 11.1 Å². The van der Waals surface area contributed by atoms with Gasteiger partial charge in [-0.15, -0.1) is 11.3 Å². The number of aliphatic hydroxyl groups is 1. The molecular weight excluding hydrogens is 242 g/mol. The summed E-state index contributed by atoms with van der Waals surface area (Å²) in [5.74, 6) is -0.630. The van der Waals surface area contributed by atoms with Gasteiger partial charge in [0.2, 0.25) is 5.43 Å². The zero-order valence-electron chi connectivity index (χ0n) is 9.15. The van der Waals surface area contributed by atoms with Crippen molar-refractivity contribution < 1.29 is 14.6 Å². The predicted octanol–water partition coefficient (Wildman–Crippen LogP) is 1.26. The Kier molecular flexibility index (Phi) is 3.26. The van der Waals surface area contributed by atoms with Crippen molar-refractivity contribution in [3.63, 3.8) is 0 Å². The van der Waals surface area contributed by atoms with Crippen LogP contribution in [0.1, 0.15) is 22.2 Å². The molecule has 0 saturated carbocycles. The molecule has 2 heterocycles. The standard InChI is InChI=1S/C11H11NO4S/c1-2-16-11(15)7-4-12-8-3-6(5-13)17-10(8)9(7)14/h3-4,13H,2,5H2,1H3,(H,12,14). The Hall–Kier alpha value is -1.66. The summed E-state index contributed by atoms with van der Waals surface area (Å²) >= 11 is 1.17. The minimum Gasteiger partial charge on any atom is -0.462 e. The van der Waals surface area contributed by atoms with Crippen LogP contribution >= 0.6 is 11.3 Å². The van der Waals surface area contributed by atoms with Crippen LogP contribution in [-0.4, -0.2) is 22.7 Å². The van der Waals surface area contributed by atoms with Crippen LogP contribution in [0.15, 0.2) is 17.1 Å². The van der Waals surface area contributed by atoms with Crippen molar-refractivity contribution >= 4 is 27.5 Å². The third kappa shape index (κ3) is 2.09. The molecule has 0 aliphatic carbocycles. The molecule has 2 aromatic heterocycles. The maximum absolute atomic E-state index is 12.0. The summed E-state index contributed by atoms with van der Waals surface area (Å²) in [5, 5.41) is 9.00. The van der Waals surface area contributed by atoms with E-state index in [1.165, 1.54) is 17.5 Å². The van der Waals surface area contributed by atoms with Crippen LogP contribution in [0.4, 0.5) is 0 Å². The van der Waals surface area contributed by atoms with Crippen LogP contribution in [0.25, 0.3) is 10.2 Å². The SMILES string of the molecule is CCOC(=O)c1c[nH]c2cc(CO)sc2c1=O. The molecule has 2 N–H and O–H groups in total. The summed E-state index contributed by atoms with van der Waals surface area (Å²) in [5.41, 5.74) is 0.254. The first kappa shape index (κ1) is 11.8. The monoisotopic (exact) mass is 253 g/mol. The van der Waals surface area contributed by atoms with E-state index in [4.69, 9.17) is 9.84 Å². The van der Waals surface area contributed by atoms with Gasteiger partial charge in [0.15, 0.2) is 0 Å². The van der Waals surface area contributed by atoms with Crippen LogP contribution < -0.4 is 5.43 Å². The first-order chi connectivity index (χ1) is 8.17. The van der Waals surface area contributed by atoms with Crippen LogP contribution in [0.3, 0.4) is 0 Å². The molecule has 90 valence electrons. The molecule has 0 fully saturated rings. The van der Waals surface area contributed by atoms with E-state index in [-0.39, 0.29) is 24.2 Å². The van der Waals surface area contributed by atoms with Gasteiger partial charge < -0.3 is 14.8 Å². The lowest BCUT2D eigenvalue weighted by molar-refractivity contribution is 0.0524. The van der Waals surface area contributed by atoms with Crippen molar-refractivity contribution in [1.29, 1.82) is 0 Å². The van der Waals surface area contributed by atoms with Crippen molar-refractivity contribution in [1.82, 2.24) is 4.98 Å². The van der Waals surface area contributed by atoms with Crippen LogP contribution in [-0.2, 0) is 11.3 Å². The van der Waals surface area contributed by atoms with E-state index >= 15 is 0 Å². The number of rotatable bonds is 3. The number of esters is 1. The molecular formula is C11H11NO4S. The quantitative estimate of drug-likeness (QED) is 0.807. The number of fused-ring (bicyclic) bond motifs is 1. The Balaban J connectivity index is 2.57. The Labute approximate surface area is 101 Å². The number of aliphatic hydroxyl groups excluding tert-OH is 1. The molecule has 0 aliphatic rings. The highest BCUT2D eigenvalue weighted by Crippen LogP contribution is 2.21. The van der Waals surface area contributed by atoms with Crippen molar-refractivity contribution in [2.75, 3.05) is 6.61 Å². The minimum absolute atomic E-state index is 0.00862. The van der Waals surface area contributed by atoms with Gasteiger partial charge in [0.25, 0.3) is 0 Å². The second-order valence-corrected chi connectivity index (χ2v) is 4.50. The summed E-state index contributed by atoms with van der Waals surface area (Å²) in [6, 6.07) is 1.69. The lowest BCUT2D eigenvalue weighted by atomic mass is 10.2. The first-order valence-electron chi connectivity index (χ1n) is 5.09. The molecule has 0 bridgehead atoms. The Morgan fingerprint density at radius 2 is 2.35 bits per heavy atom. The molecule has 0 aromatic carbocycles. The molecule has 2 aromatic rings. The van der Waals surface area contributed by atoms with E-state index in [1.807, 2.05) is 0 Å². The maximum Gasteiger partial charge on any atom is 0.343 e. The molecule has 0 saturated heterocycles. The fraction of sp³-hybridized carbons (Fsp3) is 0.273. The van der Waals surface area contributed by atoms with Gasteiger partial charge in [0.05, 0.1) is 23.4 Å². The first-order valence-corrected chi connectivity index (χ1v) is 5.91. The number of carbonyl (C=O) groups is 1. The second kappa shape index (κ2) is 4.68. The summed E-state index contributed by atoms with van der Waals surface area (Å²) < 4.78 is 5.22. The molecule has 5 nitrogen and oxygen atoms in total. The Morgan fingerprint density at radius 1 is 1.59 bits per heavy atom. The van der Waals surface area contributed by atoms with Crippen molar-refractivity contribution in [3.8, 4) is 0 Å². The second-order valence-electron chi connectivity index (χ2n) is 3.37. The van der Waals surface area contributed by atoms with Crippen LogP contribution in [0.5, 0.6) is 0 Å². The number of pyridine rings is 1. The summed E-state index contributed by atoms with van der Waals surface area (Å²) in [6.07, 6.45) is 1.34. The Bertz CT molecular complexity index is 613. The lowest BCUT2D eigenvalue weighted by Gasteiger charge is -2.00. The molecule has 0 atom stereocenters. The third-order valence-electron chi connectivity index (χ3n) is 2.26. The molecule has 0 spiro atoms. The van der Waals surface area contributed by atoms with E-state index in [0.717, 1.165) is 0 Å². The van der Waals surface area contributed by atoms with Gasteiger partial charge >= 0.3 is 5.97 Å². The lowest BCUT2D eigenvalue weighted by Crippen LogP contribution is -2.17. The van der Waals surface area contributed by atoms with Gasteiger partial charge in [0.1, 0.15) is 5.56 Å². The number of carbonyl (C=O) groups excluding carboxylic acids is 1. The number of aromatic amines is 1. The van der Waals surface area contributed by atoms with Crippen molar-refractivity contribution in [3.05, 3.63) is 32.9 Å². The average Bonchev–Trinajstić information content (AvgIpc) is 2.73. The smallest absolute Gasteiger partial charge is 0.343 e. The molecule has 6 heteroatoms. The highest BCUT2D eigenvalue weighted by atomic mass is 32.1. The highest BCUT2D eigenvalue weighted by Gasteiger charge is 2.15. The number of aromatic nitrogens is 1. The molecule has 2 rings (SSSR count). The highest BCUT2D eigenvalue weighted by molar-refractivity contribution is 7.18. The van der Waals surface area contributed by atoms with Crippen molar-refractivity contribution in [2.45, 2.75) is 13.5 Å². The van der Waals surface area contributed by atoms with Gasteiger partial charge in [-0.05, 0) is 13.0 Å². The van der Waals surface area contributed by atoms with Gasteiger partial charge in [-0.2, -0.15) is 0 Å². The summed E-state index contributed by atoms with van der Waals surface area (Å²) in [4.78, 5) is 27.0. The van der Waals surface area contributed by atoms with Crippen molar-refractivity contribution in [2.24, 2.45) is 0 Å². The number of nitrogens with one attached hydrogen (secondary N) is 1. The van der Waals surface area contributed by atoms with Crippen LogP contribution in [0, 0.1) is 0 Å². The predicted molar refractivity (Wildman–Crippen MR) is 64.3 cm³/mol. The zero-order chi connectivity index (χ0) is 12.4. The number of hydrogen-bond donors (Lipinski definition) is 2. The van der Waals surface area contributed by atoms with Crippen LogP contribution in [0.2, 0.25) is 0 Å². The fourth-order valence-electron chi connectivity index (χ4n) is 1.49. The number of ether oxygens (including phenoxy) is 1. The Morgan fingerprint density at radius 3 is 3.00 bits per heavy atom. The number of thiophene rings is 1. The average molecular weight is 253 g/mol. The van der Waals surface area contributed by atoms with E-state index in [2.05, 4.69) is 4.98 Å². The minimum atomic E-state index is -0.630. The van der Waals surface area contributed by atoms with Gasteiger partial charge in [-0.25, -0.2) is 4.79 Å². The summed E-state index contributed by atoms with van der Waals surface area (Å²) in [7, 11) is 0. The van der Waals surface area contributed by atoms with E-state index in [0.29, 0.717) is 15.1 Å². The van der Waals surface area contributed by atoms with E-state index in [1.54, 1.807) is 13.0 Å². The van der Waals surface area contributed by atoms with Gasteiger partial charge in [-0.1, -0.05) is 0 Å². The normalized spacial score (nSPS) is 10.7. The van der Waals surface area contributed by atoms with E-state index in [9.17, 15) is 9.59 Å². The molecule has 0 aliphatic heterocycles.